The quantitative estimate of drug-likeness (QED) is 0.417. The van der Waals surface area contributed by atoms with Crippen molar-refractivity contribution < 1.29 is 9.21 Å². The molecule has 1 heterocycles. The first-order valence-corrected chi connectivity index (χ1v) is 9.23. The fourth-order valence-electron chi connectivity index (χ4n) is 2.13. The van der Waals surface area contributed by atoms with Gasteiger partial charge in [0.05, 0.1) is 11.4 Å². The number of amides is 1. The Morgan fingerprint density at radius 3 is 2.38 bits per heavy atom. The highest BCUT2D eigenvalue weighted by molar-refractivity contribution is 9.11. The van der Waals surface area contributed by atoms with Crippen LogP contribution in [0.3, 0.4) is 0 Å². The molecule has 0 radical (unpaired) electrons. The molecular weight excluding hydrogens is 504 g/mol. The molecule has 0 aliphatic carbocycles. The normalized spacial score (nSPS) is 10.6. The summed E-state index contributed by atoms with van der Waals surface area (Å²) in [5.41, 5.74) is 7.76. The monoisotopic (exact) mass is 512 g/mol. The van der Waals surface area contributed by atoms with Crippen molar-refractivity contribution in [2.24, 2.45) is 0 Å². The van der Waals surface area contributed by atoms with Crippen LogP contribution >= 0.6 is 47.8 Å². The van der Waals surface area contributed by atoms with Gasteiger partial charge >= 0.3 is 0 Å². The maximum Gasteiger partial charge on any atom is 0.291 e. The molecule has 0 saturated heterocycles. The van der Waals surface area contributed by atoms with E-state index in [1.165, 1.54) is 0 Å². The minimum absolute atomic E-state index is 0.210. The van der Waals surface area contributed by atoms with E-state index >= 15 is 0 Å². The van der Waals surface area contributed by atoms with Crippen LogP contribution in [-0.2, 0) is 0 Å². The van der Waals surface area contributed by atoms with E-state index in [2.05, 4.69) is 53.1 Å². The summed E-state index contributed by atoms with van der Waals surface area (Å²) < 4.78 is 8.35. The molecule has 0 aliphatic heterocycles. The van der Waals surface area contributed by atoms with Crippen LogP contribution in [0.5, 0.6) is 0 Å². The standard InChI is InChI=1S/C17H11Br3N2O2/c18-9-1-3-11(12(20)7-9)15-5-6-16(24-15)17(23)22-14-4-2-10(19)8-13(14)21/h1-8H,21H2,(H,22,23). The van der Waals surface area contributed by atoms with Crippen molar-refractivity contribution in [3.63, 3.8) is 0 Å². The zero-order chi connectivity index (χ0) is 17.3. The van der Waals surface area contributed by atoms with Gasteiger partial charge in [-0.1, -0.05) is 31.9 Å². The van der Waals surface area contributed by atoms with Gasteiger partial charge in [-0.3, -0.25) is 4.79 Å². The number of rotatable bonds is 3. The molecule has 3 aromatic rings. The van der Waals surface area contributed by atoms with E-state index in [1.54, 1.807) is 30.3 Å². The molecule has 0 aliphatic rings. The molecule has 0 atom stereocenters. The second kappa shape index (κ2) is 7.13. The van der Waals surface area contributed by atoms with E-state index in [0.29, 0.717) is 17.1 Å². The molecule has 7 heteroatoms. The van der Waals surface area contributed by atoms with Crippen molar-refractivity contribution in [3.05, 3.63) is 67.7 Å². The summed E-state index contributed by atoms with van der Waals surface area (Å²) in [4.78, 5) is 12.3. The Kier molecular flexibility index (Phi) is 5.12. The number of carbonyl (C=O) groups is 1. The van der Waals surface area contributed by atoms with Gasteiger partial charge in [-0.25, -0.2) is 0 Å². The molecule has 0 bridgehead atoms. The van der Waals surface area contributed by atoms with Crippen molar-refractivity contribution in [2.75, 3.05) is 11.1 Å². The van der Waals surface area contributed by atoms with Gasteiger partial charge in [-0.05, 0) is 64.5 Å². The lowest BCUT2D eigenvalue weighted by Crippen LogP contribution is -2.12. The van der Waals surface area contributed by atoms with Gasteiger partial charge in [0.1, 0.15) is 5.76 Å². The highest BCUT2D eigenvalue weighted by Gasteiger charge is 2.15. The molecule has 2 aromatic carbocycles. The number of hydrogen-bond acceptors (Lipinski definition) is 3. The summed E-state index contributed by atoms with van der Waals surface area (Å²) in [5, 5.41) is 2.74. The predicted molar refractivity (Wildman–Crippen MR) is 106 cm³/mol. The van der Waals surface area contributed by atoms with Crippen LogP contribution in [0.2, 0.25) is 0 Å². The minimum Gasteiger partial charge on any atom is -0.451 e. The molecular formula is C17H11Br3N2O2. The largest absolute Gasteiger partial charge is 0.451 e. The third kappa shape index (κ3) is 3.74. The Labute approximate surface area is 163 Å². The van der Waals surface area contributed by atoms with Crippen LogP contribution in [0.15, 0.2) is 66.4 Å². The van der Waals surface area contributed by atoms with Gasteiger partial charge in [0.2, 0.25) is 0 Å². The highest BCUT2D eigenvalue weighted by atomic mass is 79.9. The second-order valence-electron chi connectivity index (χ2n) is 4.97. The second-order valence-corrected chi connectivity index (χ2v) is 7.66. The molecule has 0 saturated carbocycles. The van der Waals surface area contributed by atoms with E-state index in [4.69, 9.17) is 10.2 Å². The van der Waals surface area contributed by atoms with Crippen molar-refractivity contribution >= 4 is 65.1 Å². The number of benzene rings is 2. The Bertz CT molecular complexity index is 922. The smallest absolute Gasteiger partial charge is 0.291 e. The van der Waals surface area contributed by atoms with E-state index < -0.39 is 0 Å². The average Bonchev–Trinajstić information content (AvgIpc) is 3.00. The van der Waals surface area contributed by atoms with Crippen molar-refractivity contribution in [1.82, 2.24) is 0 Å². The van der Waals surface area contributed by atoms with Crippen LogP contribution in [0.4, 0.5) is 11.4 Å². The van der Waals surface area contributed by atoms with Crippen molar-refractivity contribution in [2.45, 2.75) is 0 Å². The lowest BCUT2D eigenvalue weighted by atomic mass is 10.2. The first kappa shape index (κ1) is 17.3. The fraction of sp³-hybridized carbons (Fsp3) is 0. The third-order valence-corrected chi connectivity index (χ3v) is 4.93. The van der Waals surface area contributed by atoms with E-state index in [-0.39, 0.29) is 11.7 Å². The Morgan fingerprint density at radius 2 is 1.67 bits per heavy atom. The van der Waals surface area contributed by atoms with Crippen molar-refractivity contribution in [1.29, 1.82) is 0 Å². The summed E-state index contributed by atoms with van der Waals surface area (Å²) in [5.74, 6) is 0.453. The predicted octanol–water partition coefficient (Wildman–Crippen LogP) is 6.07. The highest BCUT2D eigenvalue weighted by Crippen LogP contribution is 2.32. The molecule has 3 rings (SSSR count). The van der Waals surface area contributed by atoms with E-state index in [9.17, 15) is 4.79 Å². The molecule has 0 unspecified atom stereocenters. The van der Waals surface area contributed by atoms with Crippen LogP contribution in [-0.4, -0.2) is 5.91 Å². The van der Waals surface area contributed by atoms with E-state index in [0.717, 1.165) is 19.0 Å². The van der Waals surface area contributed by atoms with Crippen LogP contribution in [0.25, 0.3) is 11.3 Å². The SMILES string of the molecule is Nc1cc(Br)ccc1NC(=O)c1ccc(-c2ccc(Br)cc2Br)o1. The topological polar surface area (TPSA) is 68.3 Å². The lowest BCUT2D eigenvalue weighted by molar-refractivity contribution is 0.0997. The molecule has 3 N–H and O–H groups in total. The Hall–Kier alpha value is -1.57. The Morgan fingerprint density at radius 1 is 0.958 bits per heavy atom. The number of nitrogens with two attached hydrogens (primary N) is 1. The Balaban J connectivity index is 1.83. The average molecular weight is 515 g/mol. The summed E-state index contributed by atoms with van der Waals surface area (Å²) in [6.45, 7) is 0. The number of anilines is 2. The van der Waals surface area contributed by atoms with Gasteiger partial charge in [0.15, 0.2) is 5.76 Å². The van der Waals surface area contributed by atoms with Crippen LogP contribution in [0, 0.1) is 0 Å². The molecule has 122 valence electrons. The number of furan rings is 1. The molecule has 1 aromatic heterocycles. The molecule has 0 spiro atoms. The summed E-state index contributed by atoms with van der Waals surface area (Å²) in [6, 6.07) is 14.4. The fourth-order valence-corrected chi connectivity index (χ4v) is 3.75. The van der Waals surface area contributed by atoms with Crippen LogP contribution in [0.1, 0.15) is 10.6 Å². The van der Waals surface area contributed by atoms with Gasteiger partial charge in [0.25, 0.3) is 5.91 Å². The minimum atomic E-state index is -0.358. The molecule has 1 amide bonds. The van der Waals surface area contributed by atoms with Crippen LogP contribution < -0.4 is 11.1 Å². The zero-order valence-corrected chi connectivity index (χ0v) is 16.9. The summed E-state index contributed by atoms with van der Waals surface area (Å²) in [7, 11) is 0. The summed E-state index contributed by atoms with van der Waals surface area (Å²) >= 11 is 10.2. The molecule has 24 heavy (non-hydrogen) atoms. The summed E-state index contributed by atoms with van der Waals surface area (Å²) in [6.07, 6.45) is 0. The maximum atomic E-state index is 12.3. The first-order chi connectivity index (χ1) is 11.4. The number of nitrogens with one attached hydrogen (secondary N) is 1. The van der Waals surface area contributed by atoms with E-state index in [1.807, 2.05) is 18.2 Å². The van der Waals surface area contributed by atoms with Crippen molar-refractivity contribution in [3.8, 4) is 11.3 Å². The number of hydrogen-bond donors (Lipinski definition) is 2. The van der Waals surface area contributed by atoms with Gasteiger partial charge in [-0.15, -0.1) is 0 Å². The third-order valence-electron chi connectivity index (χ3n) is 3.29. The first-order valence-electron chi connectivity index (χ1n) is 6.85. The van der Waals surface area contributed by atoms with Gasteiger partial charge in [0, 0.05) is 19.0 Å². The number of nitrogen functional groups attached to an aromatic ring is 1. The number of halogens is 3. The number of carbonyl (C=O) groups excluding carboxylic acids is 1. The lowest BCUT2D eigenvalue weighted by Gasteiger charge is -2.07. The molecule has 4 nitrogen and oxygen atoms in total. The maximum absolute atomic E-state index is 12.3. The van der Waals surface area contributed by atoms with Gasteiger partial charge < -0.3 is 15.5 Å². The van der Waals surface area contributed by atoms with Gasteiger partial charge in [-0.2, -0.15) is 0 Å². The molecule has 0 fully saturated rings. The zero-order valence-electron chi connectivity index (χ0n) is 12.1.